The predicted molar refractivity (Wildman–Crippen MR) is 92.7 cm³/mol. The van der Waals surface area contributed by atoms with Gasteiger partial charge in [-0.25, -0.2) is 4.68 Å². The van der Waals surface area contributed by atoms with E-state index in [1.54, 1.807) is 11.0 Å². The van der Waals surface area contributed by atoms with E-state index in [1.807, 2.05) is 48.5 Å². The Morgan fingerprint density at radius 3 is 2.43 bits per heavy atom. The molecule has 2 aromatic carbocycles. The van der Waals surface area contributed by atoms with Crippen molar-refractivity contribution in [1.29, 1.82) is 0 Å². The van der Waals surface area contributed by atoms with Gasteiger partial charge in [0.15, 0.2) is 0 Å². The van der Waals surface area contributed by atoms with Crippen molar-refractivity contribution in [2.75, 3.05) is 5.43 Å². The van der Waals surface area contributed by atoms with Crippen LogP contribution in [0.25, 0.3) is 0 Å². The molecule has 3 aromatic rings. The minimum atomic E-state index is 0.513. The normalized spacial score (nSPS) is 10.5. The third-order valence-corrected chi connectivity index (χ3v) is 3.79. The van der Waals surface area contributed by atoms with E-state index < -0.39 is 0 Å². The van der Waals surface area contributed by atoms with E-state index in [2.05, 4.69) is 15.6 Å². The highest BCUT2D eigenvalue weighted by Crippen LogP contribution is 2.15. The number of aromatic nitrogens is 3. The summed E-state index contributed by atoms with van der Waals surface area (Å²) in [6, 6.07) is 15.5. The molecule has 0 aliphatic carbocycles. The predicted octanol–water partition coefficient (Wildman–Crippen LogP) is 3.92. The Morgan fingerprint density at radius 1 is 1.09 bits per heavy atom. The Labute approximate surface area is 143 Å². The molecule has 0 aliphatic heterocycles. The van der Waals surface area contributed by atoms with Crippen LogP contribution >= 0.6 is 23.8 Å². The molecule has 1 aromatic heterocycles. The van der Waals surface area contributed by atoms with Crippen molar-refractivity contribution in [2.45, 2.75) is 13.2 Å². The average molecular weight is 347 g/mol. The van der Waals surface area contributed by atoms with Crippen LogP contribution in [0.3, 0.4) is 0 Å². The van der Waals surface area contributed by atoms with Crippen LogP contribution in [0.1, 0.15) is 11.1 Å². The molecule has 23 heavy (non-hydrogen) atoms. The van der Waals surface area contributed by atoms with Gasteiger partial charge in [0.1, 0.15) is 18.7 Å². The summed E-state index contributed by atoms with van der Waals surface area (Å²) in [5, 5.41) is 7.26. The van der Waals surface area contributed by atoms with Crippen molar-refractivity contribution in [1.82, 2.24) is 14.9 Å². The Balaban J connectivity index is 1.53. The molecule has 7 heteroatoms. The zero-order chi connectivity index (χ0) is 16.1. The van der Waals surface area contributed by atoms with Gasteiger partial charge in [0.05, 0.1) is 6.54 Å². The second-order valence-corrected chi connectivity index (χ2v) is 5.75. The van der Waals surface area contributed by atoms with Crippen molar-refractivity contribution < 1.29 is 4.74 Å². The lowest BCUT2D eigenvalue weighted by Crippen LogP contribution is -2.13. The van der Waals surface area contributed by atoms with Gasteiger partial charge < -0.3 is 10.2 Å². The van der Waals surface area contributed by atoms with Gasteiger partial charge in [-0.1, -0.05) is 35.9 Å². The SMILES string of the molecule is S=c1[nH]ncn1NCc1ccc(OCc2ccc(Cl)cc2)cc1. The number of hydrogen-bond acceptors (Lipinski definition) is 4. The molecule has 5 nitrogen and oxygen atoms in total. The molecule has 0 bridgehead atoms. The molecule has 0 atom stereocenters. The lowest BCUT2D eigenvalue weighted by atomic mass is 10.2. The first-order valence-electron chi connectivity index (χ1n) is 7.03. The quantitative estimate of drug-likeness (QED) is 0.664. The molecule has 0 fully saturated rings. The first kappa shape index (κ1) is 15.6. The Bertz CT molecular complexity index is 811. The summed E-state index contributed by atoms with van der Waals surface area (Å²) in [7, 11) is 0. The number of ether oxygens (including phenoxy) is 1. The maximum absolute atomic E-state index is 5.86. The fourth-order valence-corrected chi connectivity index (χ4v) is 2.28. The van der Waals surface area contributed by atoms with Gasteiger partial charge in [-0.2, -0.15) is 5.10 Å². The van der Waals surface area contributed by atoms with E-state index in [-0.39, 0.29) is 0 Å². The number of nitrogens with zero attached hydrogens (tertiary/aromatic N) is 2. The van der Waals surface area contributed by atoms with E-state index in [0.29, 0.717) is 17.9 Å². The summed E-state index contributed by atoms with van der Waals surface area (Å²) >= 11 is 10.9. The number of benzene rings is 2. The maximum Gasteiger partial charge on any atom is 0.214 e. The van der Waals surface area contributed by atoms with Crippen LogP contribution < -0.4 is 10.2 Å². The lowest BCUT2D eigenvalue weighted by Gasteiger charge is -2.09. The number of halogens is 1. The monoisotopic (exact) mass is 346 g/mol. The number of rotatable bonds is 6. The maximum atomic E-state index is 5.86. The molecular weight excluding hydrogens is 332 g/mol. The van der Waals surface area contributed by atoms with Crippen LogP contribution in [0.2, 0.25) is 5.02 Å². The molecule has 0 unspecified atom stereocenters. The van der Waals surface area contributed by atoms with Crippen LogP contribution in [0.5, 0.6) is 5.75 Å². The van der Waals surface area contributed by atoms with E-state index in [1.165, 1.54) is 0 Å². The fraction of sp³-hybridized carbons (Fsp3) is 0.125. The zero-order valence-electron chi connectivity index (χ0n) is 12.2. The molecule has 2 N–H and O–H groups in total. The fourth-order valence-electron chi connectivity index (χ4n) is 1.99. The number of aromatic amines is 1. The summed E-state index contributed by atoms with van der Waals surface area (Å²) in [6.45, 7) is 1.16. The summed E-state index contributed by atoms with van der Waals surface area (Å²) in [5.74, 6) is 0.823. The smallest absolute Gasteiger partial charge is 0.214 e. The average Bonchev–Trinajstić information content (AvgIpc) is 2.98. The van der Waals surface area contributed by atoms with Gasteiger partial charge in [-0.05, 0) is 47.6 Å². The molecule has 3 rings (SSSR count). The Hall–Kier alpha value is -2.31. The van der Waals surface area contributed by atoms with Gasteiger partial charge in [0, 0.05) is 5.02 Å². The molecule has 0 amide bonds. The van der Waals surface area contributed by atoms with Crippen molar-refractivity contribution in [2.24, 2.45) is 0 Å². The molecule has 0 spiro atoms. The van der Waals surface area contributed by atoms with Crippen LogP contribution in [0.4, 0.5) is 0 Å². The highest BCUT2D eigenvalue weighted by atomic mass is 35.5. The first-order chi connectivity index (χ1) is 11.2. The van der Waals surface area contributed by atoms with Gasteiger partial charge in [0.25, 0.3) is 0 Å². The molecule has 0 saturated carbocycles. The standard InChI is InChI=1S/C16H15ClN4OS/c17-14-5-1-13(2-6-14)10-22-15-7-3-12(4-8-15)9-19-21-11-18-20-16(21)23/h1-8,11,19H,9-10H2,(H,20,23). The summed E-state index contributed by atoms with van der Waals surface area (Å²) in [6.07, 6.45) is 1.60. The zero-order valence-corrected chi connectivity index (χ0v) is 13.8. The van der Waals surface area contributed by atoms with Crippen LogP contribution in [-0.2, 0) is 13.2 Å². The minimum Gasteiger partial charge on any atom is -0.489 e. The Morgan fingerprint density at radius 2 is 1.78 bits per heavy atom. The van der Waals surface area contributed by atoms with Crippen molar-refractivity contribution in [3.63, 3.8) is 0 Å². The third kappa shape index (κ3) is 4.34. The Kier molecular flexibility index (Phi) is 4.95. The number of hydrogen-bond donors (Lipinski definition) is 2. The lowest BCUT2D eigenvalue weighted by molar-refractivity contribution is 0.306. The van der Waals surface area contributed by atoms with E-state index >= 15 is 0 Å². The van der Waals surface area contributed by atoms with E-state index in [9.17, 15) is 0 Å². The van der Waals surface area contributed by atoms with Gasteiger partial charge >= 0.3 is 0 Å². The summed E-state index contributed by atoms with van der Waals surface area (Å²) in [4.78, 5) is 0. The molecule has 0 saturated heterocycles. The van der Waals surface area contributed by atoms with Crippen LogP contribution in [0.15, 0.2) is 54.9 Å². The first-order valence-corrected chi connectivity index (χ1v) is 7.81. The van der Waals surface area contributed by atoms with Crippen molar-refractivity contribution >= 4 is 23.8 Å². The van der Waals surface area contributed by atoms with Gasteiger partial charge in [0.2, 0.25) is 4.77 Å². The third-order valence-electron chi connectivity index (χ3n) is 3.25. The van der Waals surface area contributed by atoms with E-state index in [4.69, 9.17) is 28.6 Å². The molecular formula is C16H15ClN4OS. The van der Waals surface area contributed by atoms with Crippen molar-refractivity contribution in [3.05, 3.63) is 75.8 Å². The number of nitrogens with one attached hydrogen (secondary N) is 2. The molecule has 1 heterocycles. The second-order valence-electron chi connectivity index (χ2n) is 4.93. The van der Waals surface area contributed by atoms with Crippen LogP contribution in [0, 0.1) is 4.77 Å². The second kappa shape index (κ2) is 7.30. The molecule has 118 valence electrons. The van der Waals surface area contributed by atoms with Crippen molar-refractivity contribution in [3.8, 4) is 5.75 Å². The largest absolute Gasteiger partial charge is 0.489 e. The minimum absolute atomic E-state index is 0.513. The topological polar surface area (TPSA) is 54.9 Å². The summed E-state index contributed by atoms with van der Waals surface area (Å²) < 4.78 is 7.96. The summed E-state index contributed by atoms with van der Waals surface area (Å²) in [5.41, 5.74) is 5.35. The van der Waals surface area contributed by atoms with Gasteiger partial charge in [-0.15, -0.1) is 0 Å². The molecule has 0 aliphatic rings. The van der Waals surface area contributed by atoms with E-state index in [0.717, 1.165) is 21.9 Å². The number of H-pyrrole nitrogens is 1. The highest BCUT2D eigenvalue weighted by molar-refractivity contribution is 7.71. The highest BCUT2D eigenvalue weighted by Gasteiger charge is 1.99. The van der Waals surface area contributed by atoms with Gasteiger partial charge in [-0.3, -0.25) is 5.10 Å². The molecule has 0 radical (unpaired) electrons. The van der Waals surface area contributed by atoms with Crippen LogP contribution in [-0.4, -0.2) is 14.9 Å².